The summed E-state index contributed by atoms with van der Waals surface area (Å²) in [4.78, 5) is 17.0. The predicted molar refractivity (Wildman–Crippen MR) is 98.2 cm³/mol. The second-order valence-corrected chi connectivity index (χ2v) is 6.60. The number of anilines is 1. The van der Waals surface area contributed by atoms with Gasteiger partial charge in [-0.3, -0.25) is 4.79 Å². The molecular formula is C18H15ClN2O2S. The van der Waals surface area contributed by atoms with Gasteiger partial charge in [-0.2, -0.15) is 0 Å². The number of thiazole rings is 1. The molecule has 1 N–H and O–H groups in total. The summed E-state index contributed by atoms with van der Waals surface area (Å²) in [5.41, 5.74) is 2.82. The summed E-state index contributed by atoms with van der Waals surface area (Å²) in [6.45, 7) is 1.95. The van der Waals surface area contributed by atoms with E-state index in [2.05, 4.69) is 10.3 Å². The summed E-state index contributed by atoms with van der Waals surface area (Å²) in [5, 5.41) is 6.24. The summed E-state index contributed by atoms with van der Waals surface area (Å²) in [7, 11) is 1.56. The molecule has 1 amide bonds. The number of carbonyl (C=O) groups excluding carboxylic acids is 1. The SMILES string of the molecule is COc1ccc(Cl)c(NC(=O)c2cccc(-c3csc(C)n3)c2)c1. The Morgan fingerprint density at radius 3 is 2.79 bits per heavy atom. The zero-order chi connectivity index (χ0) is 17.1. The van der Waals surface area contributed by atoms with Gasteiger partial charge in [0.05, 0.1) is 28.5 Å². The molecule has 0 radical (unpaired) electrons. The number of rotatable bonds is 4. The van der Waals surface area contributed by atoms with Crippen molar-refractivity contribution in [1.82, 2.24) is 4.98 Å². The molecule has 0 fully saturated rings. The van der Waals surface area contributed by atoms with E-state index < -0.39 is 0 Å². The van der Waals surface area contributed by atoms with Crippen molar-refractivity contribution in [3.8, 4) is 17.0 Å². The van der Waals surface area contributed by atoms with Gasteiger partial charge in [-0.15, -0.1) is 11.3 Å². The molecule has 0 saturated carbocycles. The molecule has 0 spiro atoms. The van der Waals surface area contributed by atoms with Crippen LogP contribution in [0.25, 0.3) is 11.3 Å². The highest BCUT2D eigenvalue weighted by molar-refractivity contribution is 7.09. The van der Waals surface area contributed by atoms with Gasteiger partial charge in [0.25, 0.3) is 5.91 Å². The molecule has 24 heavy (non-hydrogen) atoms. The molecule has 0 aliphatic heterocycles. The molecule has 4 nitrogen and oxygen atoms in total. The second kappa shape index (κ2) is 7.03. The average Bonchev–Trinajstić information content (AvgIpc) is 3.03. The lowest BCUT2D eigenvalue weighted by molar-refractivity contribution is 0.102. The van der Waals surface area contributed by atoms with Crippen LogP contribution < -0.4 is 10.1 Å². The Labute approximate surface area is 149 Å². The van der Waals surface area contributed by atoms with E-state index in [1.54, 1.807) is 42.7 Å². The van der Waals surface area contributed by atoms with E-state index in [-0.39, 0.29) is 5.91 Å². The van der Waals surface area contributed by atoms with Crippen molar-refractivity contribution in [2.45, 2.75) is 6.92 Å². The van der Waals surface area contributed by atoms with E-state index >= 15 is 0 Å². The smallest absolute Gasteiger partial charge is 0.255 e. The molecule has 0 unspecified atom stereocenters. The zero-order valence-electron chi connectivity index (χ0n) is 13.2. The van der Waals surface area contributed by atoms with Gasteiger partial charge in [0.15, 0.2) is 0 Å². The molecule has 1 heterocycles. The van der Waals surface area contributed by atoms with Crippen LogP contribution in [0.15, 0.2) is 47.8 Å². The number of aromatic nitrogens is 1. The predicted octanol–water partition coefficient (Wildman–Crippen LogP) is 5.03. The minimum atomic E-state index is -0.237. The first-order valence-corrected chi connectivity index (χ1v) is 8.50. The number of benzene rings is 2. The Morgan fingerprint density at radius 2 is 2.08 bits per heavy atom. The normalized spacial score (nSPS) is 10.5. The van der Waals surface area contributed by atoms with Gasteiger partial charge in [-0.1, -0.05) is 23.7 Å². The maximum Gasteiger partial charge on any atom is 0.255 e. The third-order valence-corrected chi connectivity index (χ3v) is 4.56. The van der Waals surface area contributed by atoms with Gasteiger partial charge in [0.1, 0.15) is 5.75 Å². The number of nitrogens with one attached hydrogen (secondary N) is 1. The van der Waals surface area contributed by atoms with Crippen molar-refractivity contribution in [3.05, 3.63) is 63.4 Å². The Balaban J connectivity index is 1.85. The van der Waals surface area contributed by atoms with Crippen molar-refractivity contribution in [1.29, 1.82) is 0 Å². The molecule has 3 rings (SSSR count). The Bertz CT molecular complexity index is 892. The zero-order valence-corrected chi connectivity index (χ0v) is 14.7. The fourth-order valence-electron chi connectivity index (χ4n) is 2.24. The molecule has 3 aromatic rings. The molecule has 0 aliphatic rings. The maximum absolute atomic E-state index is 12.5. The van der Waals surface area contributed by atoms with Crippen LogP contribution in [0.4, 0.5) is 5.69 Å². The van der Waals surface area contributed by atoms with E-state index in [1.165, 1.54) is 0 Å². The van der Waals surface area contributed by atoms with Crippen molar-refractivity contribution in [2.75, 3.05) is 12.4 Å². The third kappa shape index (κ3) is 3.58. The highest BCUT2D eigenvalue weighted by Gasteiger charge is 2.11. The van der Waals surface area contributed by atoms with E-state index in [0.717, 1.165) is 16.3 Å². The van der Waals surface area contributed by atoms with Gasteiger partial charge in [0.2, 0.25) is 0 Å². The van der Waals surface area contributed by atoms with Crippen molar-refractivity contribution >= 4 is 34.5 Å². The van der Waals surface area contributed by atoms with Crippen LogP contribution in [0.2, 0.25) is 5.02 Å². The standard InChI is InChI=1S/C18H15ClN2O2S/c1-11-20-17(10-24-11)12-4-3-5-13(8-12)18(22)21-16-9-14(23-2)6-7-15(16)19/h3-10H,1-2H3,(H,21,22). The lowest BCUT2D eigenvalue weighted by atomic mass is 10.1. The molecule has 122 valence electrons. The van der Waals surface area contributed by atoms with Crippen LogP contribution in [0.3, 0.4) is 0 Å². The molecule has 0 aliphatic carbocycles. The highest BCUT2D eigenvalue weighted by Crippen LogP contribution is 2.28. The van der Waals surface area contributed by atoms with E-state index in [4.69, 9.17) is 16.3 Å². The quantitative estimate of drug-likeness (QED) is 0.711. The van der Waals surface area contributed by atoms with Crippen LogP contribution in [0, 0.1) is 6.92 Å². The van der Waals surface area contributed by atoms with Gasteiger partial charge in [0, 0.05) is 22.6 Å². The molecule has 2 aromatic carbocycles. The van der Waals surface area contributed by atoms with Crippen molar-refractivity contribution in [3.63, 3.8) is 0 Å². The monoisotopic (exact) mass is 358 g/mol. The Kier molecular flexibility index (Phi) is 4.83. The summed E-state index contributed by atoms with van der Waals surface area (Å²) in [6, 6.07) is 12.5. The van der Waals surface area contributed by atoms with E-state index in [9.17, 15) is 4.79 Å². The lowest BCUT2D eigenvalue weighted by Gasteiger charge is -2.09. The van der Waals surface area contributed by atoms with Crippen LogP contribution in [0.5, 0.6) is 5.75 Å². The van der Waals surface area contributed by atoms with Gasteiger partial charge >= 0.3 is 0 Å². The largest absolute Gasteiger partial charge is 0.497 e. The topological polar surface area (TPSA) is 51.2 Å². The highest BCUT2D eigenvalue weighted by atomic mass is 35.5. The molecule has 0 atom stereocenters. The first kappa shape index (κ1) is 16.5. The van der Waals surface area contributed by atoms with E-state index in [0.29, 0.717) is 22.0 Å². The number of carbonyl (C=O) groups is 1. The first-order valence-electron chi connectivity index (χ1n) is 7.24. The third-order valence-electron chi connectivity index (χ3n) is 3.46. The van der Waals surface area contributed by atoms with Crippen LogP contribution in [0.1, 0.15) is 15.4 Å². The minimum absolute atomic E-state index is 0.237. The van der Waals surface area contributed by atoms with Gasteiger partial charge in [-0.25, -0.2) is 4.98 Å². The van der Waals surface area contributed by atoms with Crippen LogP contribution >= 0.6 is 22.9 Å². The van der Waals surface area contributed by atoms with Crippen molar-refractivity contribution < 1.29 is 9.53 Å². The first-order chi connectivity index (χ1) is 11.6. The Morgan fingerprint density at radius 1 is 1.25 bits per heavy atom. The van der Waals surface area contributed by atoms with Gasteiger partial charge < -0.3 is 10.1 Å². The van der Waals surface area contributed by atoms with Crippen molar-refractivity contribution in [2.24, 2.45) is 0 Å². The molecule has 1 aromatic heterocycles. The number of nitrogens with zero attached hydrogens (tertiary/aromatic N) is 1. The molecule has 0 bridgehead atoms. The average molecular weight is 359 g/mol. The summed E-state index contributed by atoms with van der Waals surface area (Å²) >= 11 is 7.71. The van der Waals surface area contributed by atoms with E-state index in [1.807, 2.05) is 30.5 Å². The number of aryl methyl sites for hydroxylation is 1. The number of hydrogen-bond acceptors (Lipinski definition) is 4. The molecule has 6 heteroatoms. The summed E-state index contributed by atoms with van der Waals surface area (Å²) < 4.78 is 5.16. The van der Waals surface area contributed by atoms with Gasteiger partial charge in [-0.05, 0) is 31.2 Å². The summed E-state index contributed by atoms with van der Waals surface area (Å²) in [6.07, 6.45) is 0. The second-order valence-electron chi connectivity index (χ2n) is 5.13. The van der Waals surface area contributed by atoms with Crippen LogP contribution in [-0.4, -0.2) is 18.0 Å². The molecule has 0 saturated heterocycles. The number of methoxy groups -OCH3 is 1. The fourth-order valence-corrected chi connectivity index (χ4v) is 3.02. The summed E-state index contributed by atoms with van der Waals surface area (Å²) in [5.74, 6) is 0.389. The number of ether oxygens (including phenoxy) is 1. The number of amides is 1. The van der Waals surface area contributed by atoms with Crippen LogP contribution in [-0.2, 0) is 0 Å². The lowest BCUT2D eigenvalue weighted by Crippen LogP contribution is -2.12. The number of halogens is 1. The maximum atomic E-state index is 12.5. The minimum Gasteiger partial charge on any atom is -0.497 e. The fraction of sp³-hybridized carbons (Fsp3) is 0.111. The molecular weight excluding hydrogens is 344 g/mol. The Hall–Kier alpha value is -2.37. The number of hydrogen-bond donors (Lipinski definition) is 1.